The van der Waals surface area contributed by atoms with Gasteiger partial charge in [0.25, 0.3) is 0 Å². The summed E-state index contributed by atoms with van der Waals surface area (Å²) in [5.41, 5.74) is -3.59. The first-order valence-corrected chi connectivity index (χ1v) is 31.5. The Labute approximate surface area is 467 Å². The van der Waals surface area contributed by atoms with Crippen molar-refractivity contribution < 1.29 is 52.8 Å². The molecule has 1 N–H and O–H groups in total. The van der Waals surface area contributed by atoms with Crippen LogP contribution in [0, 0.1) is 80.3 Å². The lowest BCUT2D eigenvalue weighted by Gasteiger charge is -2.59. The second kappa shape index (κ2) is 22.2. The van der Waals surface area contributed by atoms with Crippen molar-refractivity contribution in [2.45, 2.75) is 306 Å². The van der Waals surface area contributed by atoms with Crippen LogP contribution in [0.5, 0.6) is 0 Å². The normalized spacial score (nSPS) is 37.0. The number of ether oxygens (including phenoxy) is 5. The summed E-state index contributed by atoms with van der Waals surface area (Å²) in [5.74, 6) is 6.31. The third-order valence-corrected chi connectivity index (χ3v) is 23.1. The van der Waals surface area contributed by atoms with E-state index in [0.29, 0.717) is 30.1 Å². The van der Waals surface area contributed by atoms with Gasteiger partial charge in [0.2, 0.25) is 0 Å². The van der Waals surface area contributed by atoms with Crippen molar-refractivity contribution in [1.82, 2.24) is 0 Å². The van der Waals surface area contributed by atoms with Gasteiger partial charge in [-0.2, -0.15) is 0 Å². The second-order valence-corrected chi connectivity index (χ2v) is 31.2. The maximum absolute atomic E-state index is 12.9. The Hall–Kier alpha value is -2.69. The molecule has 11 fully saturated rings. The third kappa shape index (κ3) is 12.3. The molecule has 11 unspecified atom stereocenters. The van der Waals surface area contributed by atoms with Crippen LogP contribution in [0.4, 0.5) is 0 Å². The van der Waals surface area contributed by atoms with Crippen LogP contribution in [-0.2, 0) is 47.7 Å². The molecule has 440 valence electrons. The van der Waals surface area contributed by atoms with Gasteiger partial charge in [-0.1, -0.05) is 62.3 Å². The van der Waals surface area contributed by atoms with Crippen LogP contribution in [0.3, 0.4) is 0 Å². The van der Waals surface area contributed by atoms with Crippen molar-refractivity contribution in [3.05, 3.63) is 0 Å². The van der Waals surface area contributed by atoms with Crippen molar-refractivity contribution in [2.75, 3.05) is 0 Å². The average molecular weight is 1080 g/mol. The number of carbonyl (C=O) groups excluding carboxylic acids is 5. The summed E-state index contributed by atoms with van der Waals surface area (Å²) in [6, 6.07) is 0. The van der Waals surface area contributed by atoms with Gasteiger partial charge in [0.15, 0.2) is 5.60 Å². The van der Waals surface area contributed by atoms with Crippen LogP contribution in [0.2, 0.25) is 0 Å². The number of aliphatic hydroxyl groups is 1. The number of rotatable bonds is 13. The molecular weight excluding hydrogens is 969 g/mol. The van der Waals surface area contributed by atoms with E-state index in [0.717, 1.165) is 126 Å². The summed E-state index contributed by atoms with van der Waals surface area (Å²) in [7, 11) is 0. The molecule has 0 aromatic rings. The number of hydrogen-bond donors (Lipinski definition) is 1. The molecular formula is C66H110O11. The van der Waals surface area contributed by atoms with E-state index in [1.54, 1.807) is 0 Å². The molecule has 0 aromatic heterocycles. The first-order valence-electron chi connectivity index (χ1n) is 31.5. The minimum atomic E-state index is -0.682. The van der Waals surface area contributed by atoms with Crippen molar-refractivity contribution in [3.8, 4) is 0 Å². The highest BCUT2D eigenvalue weighted by molar-refractivity contribution is 5.79. The van der Waals surface area contributed by atoms with Gasteiger partial charge in [-0.05, 0) is 244 Å². The van der Waals surface area contributed by atoms with Crippen LogP contribution in [0.15, 0.2) is 0 Å². The molecule has 11 atom stereocenters. The maximum atomic E-state index is 12.9. The van der Waals surface area contributed by atoms with Gasteiger partial charge in [0, 0.05) is 17.8 Å². The molecule has 10 aliphatic carbocycles. The van der Waals surface area contributed by atoms with Crippen LogP contribution >= 0.6 is 0 Å². The fraction of sp³-hybridized carbons (Fsp3) is 0.924. The van der Waals surface area contributed by atoms with Gasteiger partial charge in [-0.3, -0.25) is 24.0 Å². The van der Waals surface area contributed by atoms with E-state index in [2.05, 4.69) is 41.5 Å². The minimum Gasteiger partial charge on any atom is -0.459 e. The molecule has 11 aliphatic rings. The molecule has 1 saturated heterocycles. The van der Waals surface area contributed by atoms with Crippen molar-refractivity contribution in [3.63, 3.8) is 0 Å². The molecule has 0 radical (unpaired) electrons. The van der Waals surface area contributed by atoms with Gasteiger partial charge >= 0.3 is 29.8 Å². The van der Waals surface area contributed by atoms with Gasteiger partial charge in [0.05, 0.1) is 33.7 Å². The zero-order valence-corrected chi connectivity index (χ0v) is 51.8. The standard InChI is InChI=1S/C21H34O2.C16H26O3.C15H28O2.C14H22O4/c1-6-20(4,5)19(22)23-21(12(2)3)11-15-10-16(21)18-14-8-7-13(9-14)17(15)18;1-4-14(2,3)13(17)19-16-8-11-5-12(9-16)7-15(18,6-11)10-16;1-7-14(5,6)12(16)17-15(13(2,3)4)10-8-9-11-15;1-4-13(2,3)12(16)18-14-8-6-5-7-10(14)17-11(15)9-14/h12-18H,6-11H2,1-5H3;11-12,18H,4-10H2,1-3H3;7-11H2,1-6H3;10H,4-9H2,1-3H3. The summed E-state index contributed by atoms with van der Waals surface area (Å²) in [4.78, 5) is 61.3. The summed E-state index contributed by atoms with van der Waals surface area (Å²) in [6.07, 6.45) is 23.7. The first kappa shape index (κ1) is 61.9. The van der Waals surface area contributed by atoms with Crippen LogP contribution in [0.25, 0.3) is 0 Å². The van der Waals surface area contributed by atoms with E-state index in [1.807, 2.05) is 76.2 Å². The average Bonchev–Trinajstić information content (AvgIpc) is 4.35. The highest BCUT2D eigenvalue weighted by Gasteiger charge is 2.69. The lowest BCUT2D eigenvalue weighted by atomic mass is 9.52. The van der Waals surface area contributed by atoms with E-state index in [9.17, 15) is 29.1 Å². The third-order valence-electron chi connectivity index (χ3n) is 23.1. The Morgan fingerprint density at radius 2 is 1.05 bits per heavy atom. The summed E-state index contributed by atoms with van der Waals surface area (Å²) in [5, 5.41) is 10.6. The Kier molecular flexibility index (Phi) is 17.9. The topological polar surface area (TPSA) is 152 Å². The van der Waals surface area contributed by atoms with Crippen LogP contribution < -0.4 is 0 Å². The predicted octanol–water partition coefficient (Wildman–Crippen LogP) is 15.0. The van der Waals surface area contributed by atoms with Crippen molar-refractivity contribution in [1.29, 1.82) is 0 Å². The van der Waals surface area contributed by atoms with E-state index in [4.69, 9.17) is 23.7 Å². The number of fused-ring (bicyclic) bond motifs is 10. The number of esters is 5. The fourth-order valence-electron chi connectivity index (χ4n) is 16.7. The lowest BCUT2D eigenvalue weighted by molar-refractivity contribution is -0.225. The molecule has 8 bridgehead atoms. The monoisotopic (exact) mass is 1080 g/mol. The van der Waals surface area contributed by atoms with E-state index < -0.39 is 22.0 Å². The fourth-order valence-corrected chi connectivity index (χ4v) is 16.7. The predicted molar refractivity (Wildman–Crippen MR) is 301 cm³/mol. The molecule has 11 rings (SSSR count). The van der Waals surface area contributed by atoms with E-state index in [1.165, 1.54) is 44.9 Å². The Bertz CT molecular complexity index is 2120. The smallest absolute Gasteiger partial charge is 0.312 e. The first-order chi connectivity index (χ1) is 35.6. The summed E-state index contributed by atoms with van der Waals surface area (Å²) in [6.45, 7) is 34.9. The van der Waals surface area contributed by atoms with Gasteiger partial charge < -0.3 is 28.8 Å². The minimum absolute atomic E-state index is 0.0307. The number of carbonyl (C=O) groups is 5. The van der Waals surface area contributed by atoms with Gasteiger partial charge in [0.1, 0.15) is 22.9 Å². The van der Waals surface area contributed by atoms with Crippen molar-refractivity contribution in [2.24, 2.45) is 80.3 Å². The summed E-state index contributed by atoms with van der Waals surface area (Å²) < 4.78 is 29.4. The van der Waals surface area contributed by atoms with Crippen LogP contribution in [0.1, 0.15) is 272 Å². The summed E-state index contributed by atoms with van der Waals surface area (Å²) >= 11 is 0. The maximum Gasteiger partial charge on any atom is 0.312 e. The lowest BCUT2D eigenvalue weighted by Crippen LogP contribution is -2.61. The number of hydrogen-bond acceptors (Lipinski definition) is 11. The highest BCUT2D eigenvalue weighted by Crippen LogP contribution is 2.71. The quantitative estimate of drug-likeness (QED) is 0.107. The van der Waals surface area contributed by atoms with Gasteiger partial charge in [-0.25, -0.2) is 0 Å². The Morgan fingerprint density at radius 1 is 0.571 bits per heavy atom. The Morgan fingerprint density at radius 3 is 1.55 bits per heavy atom. The molecule has 10 saturated carbocycles. The zero-order chi connectivity index (χ0) is 57.2. The van der Waals surface area contributed by atoms with E-state index >= 15 is 0 Å². The highest BCUT2D eigenvalue weighted by atomic mass is 16.6. The second-order valence-electron chi connectivity index (χ2n) is 31.2. The molecule has 1 aliphatic heterocycles. The molecule has 11 nitrogen and oxygen atoms in total. The van der Waals surface area contributed by atoms with Crippen LogP contribution in [-0.4, -0.2) is 69.1 Å². The van der Waals surface area contributed by atoms with Gasteiger partial charge in [-0.15, -0.1) is 0 Å². The zero-order valence-electron chi connectivity index (χ0n) is 51.8. The molecule has 11 heteroatoms. The molecule has 0 spiro atoms. The Balaban J connectivity index is 0.000000150. The SMILES string of the molecule is CCC(C)(C)C(=O)OC1(C(C)(C)C)CCCC1.CCC(C)(C)C(=O)OC1(C(C)C)CC2CC1C1C3CCC(C3)C21.CCC(C)(C)C(=O)OC12CC3CC(CC(O)(C3)C1)C2.CCC(C)(C)C(=O)OC12CCCCC1OC(=O)C2. The molecule has 1 heterocycles. The largest absolute Gasteiger partial charge is 0.459 e. The molecule has 77 heavy (non-hydrogen) atoms. The molecule has 0 aromatic carbocycles. The molecule has 0 amide bonds. The van der Waals surface area contributed by atoms with E-state index in [-0.39, 0.29) is 75.4 Å². The van der Waals surface area contributed by atoms with Crippen molar-refractivity contribution >= 4 is 29.8 Å².